The van der Waals surface area contributed by atoms with Gasteiger partial charge < -0.3 is 5.32 Å². The molecule has 156 valence electrons. The summed E-state index contributed by atoms with van der Waals surface area (Å²) in [6.07, 6.45) is 1.26. The number of thiazole rings is 1. The molecule has 1 atom stereocenters. The maximum atomic E-state index is 12.9. The minimum absolute atomic E-state index is 0.147. The number of nitrogens with one attached hydrogen (secondary N) is 1. The number of rotatable bonds is 5. The molecule has 0 spiro atoms. The number of carbonyl (C=O) groups excluding carboxylic acids is 1. The van der Waals surface area contributed by atoms with Gasteiger partial charge in [0.05, 0.1) is 16.5 Å². The van der Waals surface area contributed by atoms with E-state index in [9.17, 15) is 13.2 Å². The molecule has 1 aromatic heterocycles. The Morgan fingerprint density at radius 1 is 1.13 bits per heavy atom. The second-order valence-corrected chi connectivity index (χ2v) is 10.3. The lowest BCUT2D eigenvalue weighted by molar-refractivity contribution is -0.120. The van der Waals surface area contributed by atoms with Crippen LogP contribution >= 0.6 is 22.9 Å². The monoisotopic (exact) mass is 461 g/mol. The van der Waals surface area contributed by atoms with Crippen molar-refractivity contribution in [3.05, 3.63) is 65.0 Å². The van der Waals surface area contributed by atoms with Crippen LogP contribution in [0.1, 0.15) is 12.8 Å². The highest BCUT2D eigenvalue weighted by Gasteiger charge is 2.33. The number of aromatic nitrogens is 1. The molecule has 9 heteroatoms. The molecule has 30 heavy (non-hydrogen) atoms. The Morgan fingerprint density at radius 3 is 2.60 bits per heavy atom. The van der Waals surface area contributed by atoms with Gasteiger partial charge in [0.15, 0.2) is 5.13 Å². The van der Waals surface area contributed by atoms with E-state index in [1.807, 2.05) is 35.7 Å². The molecular formula is C21H20ClN3O3S2. The lowest BCUT2D eigenvalue weighted by atomic mass is 9.99. The Labute approximate surface area is 184 Å². The Balaban J connectivity index is 1.44. The molecule has 0 saturated carbocycles. The zero-order valence-electron chi connectivity index (χ0n) is 16.0. The van der Waals surface area contributed by atoms with Crippen molar-refractivity contribution in [2.24, 2.45) is 5.92 Å². The van der Waals surface area contributed by atoms with Crippen LogP contribution in [-0.4, -0.2) is 36.7 Å². The molecule has 3 aromatic rings. The van der Waals surface area contributed by atoms with Crippen LogP contribution in [0.5, 0.6) is 0 Å². The molecule has 1 aliphatic rings. The van der Waals surface area contributed by atoms with Crippen LogP contribution in [0.3, 0.4) is 0 Å². The van der Waals surface area contributed by atoms with E-state index in [1.165, 1.54) is 27.8 Å². The summed E-state index contributed by atoms with van der Waals surface area (Å²) in [5.41, 5.74) is 1.78. The van der Waals surface area contributed by atoms with E-state index < -0.39 is 15.9 Å². The van der Waals surface area contributed by atoms with E-state index in [0.29, 0.717) is 29.5 Å². The summed E-state index contributed by atoms with van der Waals surface area (Å²) in [5.74, 6) is -0.634. The van der Waals surface area contributed by atoms with E-state index in [2.05, 4.69) is 10.3 Å². The van der Waals surface area contributed by atoms with Gasteiger partial charge in [-0.2, -0.15) is 4.31 Å². The lowest BCUT2D eigenvalue weighted by Crippen LogP contribution is -2.43. The van der Waals surface area contributed by atoms with Gasteiger partial charge in [0.1, 0.15) is 0 Å². The number of hydrogen-bond donors (Lipinski definition) is 1. The third kappa shape index (κ3) is 4.57. The Kier molecular flexibility index (Phi) is 6.19. The summed E-state index contributed by atoms with van der Waals surface area (Å²) < 4.78 is 27.2. The SMILES string of the molecule is O=C(Nc1nc(-c2ccccc2)cs1)C1CCCN(S(=O)(=O)c2ccc(Cl)cc2)C1. The molecule has 1 amide bonds. The van der Waals surface area contributed by atoms with Crippen molar-refractivity contribution in [2.45, 2.75) is 17.7 Å². The minimum atomic E-state index is -3.67. The normalized spacial score (nSPS) is 17.6. The highest BCUT2D eigenvalue weighted by atomic mass is 35.5. The van der Waals surface area contributed by atoms with Gasteiger partial charge in [-0.25, -0.2) is 13.4 Å². The van der Waals surface area contributed by atoms with Crippen molar-refractivity contribution >= 4 is 44.0 Å². The van der Waals surface area contributed by atoms with Crippen molar-refractivity contribution in [1.82, 2.24) is 9.29 Å². The maximum Gasteiger partial charge on any atom is 0.243 e. The van der Waals surface area contributed by atoms with Gasteiger partial charge in [-0.3, -0.25) is 4.79 Å². The average Bonchev–Trinajstić information content (AvgIpc) is 3.23. The first kappa shape index (κ1) is 21.0. The molecule has 1 saturated heterocycles. The van der Waals surface area contributed by atoms with Crippen molar-refractivity contribution in [2.75, 3.05) is 18.4 Å². The first-order valence-corrected chi connectivity index (χ1v) is 12.2. The number of amides is 1. The Morgan fingerprint density at radius 2 is 1.87 bits per heavy atom. The molecular weight excluding hydrogens is 442 g/mol. The number of nitrogens with zero attached hydrogens (tertiary/aromatic N) is 2. The zero-order valence-corrected chi connectivity index (χ0v) is 18.4. The standard InChI is InChI=1S/C21H20ClN3O3S2/c22-17-8-10-18(11-9-17)30(27,28)25-12-4-7-16(13-25)20(26)24-21-23-19(14-29-21)15-5-2-1-3-6-15/h1-3,5-6,8-11,14,16H,4,7,12-13H2,(H,23,24,26). The summed E-state index contributed by atoms with van der Waals surface area (Å²) in [5, 5.41) is 5.73. The predicted octanol–water partition coefficient (Wildman–Crippen LogP) is 4.50. The van der Waals surface area contributed by atoms with Gasteiger partial charge in [-0.15, -0.1) is 11.3 Å². The topological polar surface area (TPSA) is 79.4 Å². The Hall–Kier alpha value is -2.26. The fourth-order valence-electron chi connectivity index (χ4n) is 3.41. The largest absolute Gasteiger partial charge is 0.302 e. The van der Waals surface area contributed by atoms with E-state index >= 15 is 0 Å². The van der Waals surface area contributed by atoms with Gasteiger partial charge in [-0.1, -0.05) is 41.9 Å². The number of hydrogen-bond acceptors (Lipinski definition) is 5. The summed E-state index contributed by atoms with van der Waals surface area (Å²) in [4.78, 5) is 17.4. The molecule has 6 nitrogen and oxygen atoms in total. The van der Waals surface area contributed by atoms with Crippen LogP contribution in [0.25, 0.3) is 11.3 Å². The van der Waals surface area contributed by atoms with Gasteiger partial charge in [0.25, 0.3) is 0 Å². The molecule has 2 aromatic carbocycles. The predicted molar refractivity (Wildman–Crippen MR) is 119 cm³/mol. The molecule has 1 fully saturated rings. The van der Waals surface area contributed by atoms with Crippen LogP contribution in [0.4, 0.5) is 5.13 Å². The van der Waals surface area contributed by atoms with E-state index in [1.54, 1.807) is 12.1 Å². The second kappa shape index (κ2) is 8.85. The minimum Gasteiger partial charge on any atom is -0.302 e. The fourth-order valence-corrected chi connectivity index (χ4v) is 5.78. The number of halogens is 1. The summed E-state index contributed by atoms with van der Waals surface area (Å²) in [6.45, 7) is 0.540. The third-order valence-electron chi connectivity index (χ3n) is 5.01. The first-order chi connectivity index (χ1) is 14.4. The summed E-state index contributed by atoms with van der Waals surface area (Å²) in [6, 6.07) is 15.8. The Bertz CT molecular complexity index is 1130. The van der Waals surface area contributed by atoms with Gasteiger partial charge in [0.2, 0.25) is 15.9 Å². The van der Waals surface area contributed by atoms with Crippen LogP contribution < -0.4 is 5.32 Å². The van der Waals surface area contributed by atoms with Crippen LogP contribution in [0.2, 0.25) is 5.02 Å². The lowest BCUT2D eigenvalue weighted by Gasteiger charge is -2.31. The number of piperidine rings is 1. The molecule has 0 bridgehead atoms. The van der Waals surface area contributed by atoms with E-state index in [0.717, 1.165) is 11.3 Å². The average molecular weight is 462 g/mol. The first-order valence-electron chi connectivity index (χ1n) is 9.51. The van der Waals surface area contributed by atoms with Crippen molar-refractivity contribution in [3.63, 3.8) is 0 Å². The van der Waals surface area contributed by atoms with E-state index in [-0.39, 0.29) is 17.3 Å². The maximum absolute atomic E-state index is 12.9. The van der Waals surface area contributed by atoms with E-state index in [4.69, 9.17) is 11.6 Å². The summed E-state index contributed by atoms with van der Waals surface area (Å²) >= 11 is 7.22. The van der Waals surface area contributed by atoms with Gasteiger partial charge in [-0.05, 0) is 37.1 Å². The highest BCUT2D eigenvalue weighted by Crippen LogP contribution is 2.28. The van der Waals surface area contributed by atoms with Crippen molar-refractivity contribution in [3.8, 4) is 11.3 Å². The number of benzene rings is 2. The van der Waals surface area contributed by atoms with Crippen LogP contribution in [0.15, 0.2) is 64.9 Å². The van der Waals surface area contributed by atoms with Crippen LogP contribution in [0, 0.1) is 5.92 Å². The molecule has 1 N–H and O–H groups in total. The molecule has 1 aliphatic heterocycles. The number of anilines is 1. The van der Waals surface area contributed by atoms with Crippen molar-refractivity contribution in [1.29, 1.82) is 0 Å². The number of carbonyl (C=O) groups is 1. The highest BCUT2D eigenvalue weighted by molar-refractivity contribution is 7.89. The van der Waals surface area contributed by atoms with Crippen molar-refractivity contribution < 1.29 is 13.2 Å². The molecule has 4 rings (SSSR count). The van der Waals surface area contributed by atoms with Gasteiger partial charge in [0, 0.05) is 29.1 Å². The zero-order chi connectivity index (χ0) is 21.1. The fraction of sp³-hybridized carbons (Fsp3) is 0.238. The molecule has 2 heterocycles. The summed E-state index contributed by atoms with van der Waals surface area (Å²) in [7, 11) is -3.67. The van der Waals surface area contributed by atoms with Crippen LogP contribution in [-0.2, 0) is 14.8 Å². The molecule has 0 radical (unpaired) electrons. The second-order valence-electron chi connectivity index (χ2n) is 7.05. The van der Waals surface area contributed by atoms with Gasteiger partial charge >= 0.3 is 0 Å². The quantitative estimate of drug-likeness (QED) is 0.606. The molecule has 0 aliphatic carbocycles. The smallest absolute Gasteiger partial charge is 0.243 e. The third-order valence-corrected chi connectivity index (χ3v) is 7.90. The molecule has 1 unspecified atom stereocenters. The number of sulfonamides is 1.